The van der Waals surface area contributed by atoms with Gasteiger partial charge < -0.3 is 14.6 Å². The van der Waals surface area contributed by atoms with Gasteiger partial charge in [0.05, 0.1) is 24.9 Å². The standard InChI is InChI=1S/C17H17FN4O2/c1-10-12-8-11(18)2-3-13(12)20-16(10)17(23)22-6-7-24-9-15(22)14-4-5-19-21-14/h2-5,8,15,20H,6-7,9H2,1H3,(H,19,21). The monoisotopic (exact) mass is 328 g/mol. The molecule has 1 unspecified atom stereocenters. The third-order valence-electron chi connectivity index (χ3n) is 4.50. The number of fused-ring (bicyclic) bond motifs is 1. The van der Waals surface area contributed by atoms with Crippen LogP contribution >= 0.6 is 0 Å². The molecule has 1 aromatic carbocycles. The van der Waals surface area contributed by atoms with E-state index in [4.69, 9.17) is 4.74 Å². The average Bonchev–Trinajstić information content (AvgIpc) is 3.23. The van der Waals surface area contributed by atoms with E-state index < -0.39 is 0 Å². The molecular weight excluding hydrogens is 311 g/mol. The Balaban J connectivity index is 1.73. The van der Waals surface area contributed by atoms with Crippen LogP contribution in [-0.4, -0.2) is 45.7 Å². The van der Waals surface area contributed by atoms with Crippen molar-refractivity contribution in [3.8, 4) is 0 Å². The molecule has 1 amide bonds. The molecule has 1 atom stereocenters. The highest BCUT2D eigenvalue weighted by Gasteiger charge is 2.32. The summed E-state index contributed by atoms with van der Waals surface area (Å²) >= 11 is 0. The number of hydrogen-bond donors (Lipinski definition) is 2. The molecule has 6 nitrogen and oxygen atoms in total. The fourth-order valence-electron chi connectivity index (χ4n) is 3.21. The number of nitrogens with one attached hydrogen (secondary N) is 2. The second kappa shape index (κ2) is 5.76. The van der Waals surface area contributed by atoms with Crippen molar-refractivity contribution in [2.75, 3.05) is 19.8 Å². The number of amides is 1. The highest BCUT2D eigenvalue weighted by molar-refractivity contribution is 6.01. The first-order valence-corrected chi connectivity index (χ1v) is 7.81. The van der Waals surface area contributed by atoms with Crippen molar-refractivity contribution >= 4 is 16.8 Å². The summed E-state index contributed by atoms with van der Waals surface area (Å²) in [5.41, 5.74) is 2.83. The number of halogens is 1. The summed E-state index contributed by atoms with van der Waals surface area (Å²) in [4.78, 5) is 18.0. The van der Waals surface area contributed by atoms with E-state index in [2.05, 4.69) is 15.2 Å². The van der Waals surface area contributed by atoms with E-state index in [0.29, 0.717) is 25.5 Å². The molecule has 0 radical (unpaired) electrons. The van der Waals surface area contributed by atoms with Gasteiger partial charge in [-0.25, -0.2) is 4.39 Å². The summed E-state index contributed by atoms with van der Waals surface area (Å²) in [6, 6.07) is 6.11. The zero-order chi connectivity index (χ0) is 16.7. The molecule has 1 saturated heterocycles. The van der Waals surface area contributed by atoms with Crippen LogP contribution < -0.4 is 0 Å². The molecule has 3 aromatic rings. The molecule has 7 heteroatoms. The zero-order valence-electron chi connectivity index (χ0n) is 13.2. The Hall–Kier alpha value is -2.67. The van der Waals surface area contributed by atoms with Crippen LogP contribution in [0.1, 0.15) is 27.8 Å². The number of rotatable bonds is 2. The number of carbonyl (C=O) groups is 1. The molecule has 0 bridgehead atoms. The molecule has 0 aliphatic carbocycles. The first-order chi connectivity index (χ1) is 11.6. The number of aryl methyl sites for hydroxylation is 1. The van der Waals surface area contributed by atoms with Gasteiger partial charge in [-0.15, -0.1) is 0 Å². The minimum absolute atomic E-state index is 0.119. The first kappa shape index (κ1) is 14.9. The van der Waals surface area contributed by atoms with Gasteiger partial charge in [0, 0.05) is 23.6 Å². The van der Waals surface area contributed by atoms with Crippen molar-refractivity contribution in [2.24, 2.45) is 0 Å². The predicted molar refractivity (Wildman–Crippen MR) is 86.2 cm³/mol. The van der Waals surface area contributed by atoms with Crippen LogP contribution in [0.15, 0.2) is 30.5 Å². The van der Waals surface area contributed by atoms with E-state index in [1.165, 1.54) is 12.1 Å². The van der Waals surface area contributed by atoms with Gasteiger partial charge >= 0.3 is 0 Å². The smallest absolute Gasteiger partial charge is 0.271 e. The number of carbonyl (C=O) groups excluding carboxylic acids is 1. The lowest BCUT2D eigenvalue weighted by molar-refractivity contribution is -0.00420. The van der Waals surface area contributed by atoms with E-state index in [0.717, 1.165) is 22.2 Å². The number of morpholine rings is 1. The van der Waals surface area contributed by atoms with Gasteiger partial charge in [0.25, 0.3) is 5.91 Å². The Morgan fingerprint density at radius 3 is 3.08 bits per heavy atom. The number of H-pyrrole nitrogens is 2. The van der Waals surface area contributed by atoms with Gasteiger partial charge in [0.15, 0.2) is 0 Å². The first-order valence-electron chi connectivity index (χ1n) is 7.81. The fourth-order valence-corrected chi connectivity index (χ4v) is 3.21. The van der Waals surface area contributed by atoms with Crippen molar-refractivity contribution in [3.05, 3.63) is 53.2 Å². The second-order valence-electron chi connectivity index (χ2n) is 5.92. The Kier molecular flexibility index (Phi) is 3.57. The van der Waals surface area contributed by atoms with Crippen molar-refractivity contribution < 1.29 is 13.9 Å². The second-order valence-corrected chi connectivity index (χ2v) is 5.92. The topological polar surface area (TPSA) is 74.0 Å². The zero-order valence-corrected chi connectivity index (χ0v) is 13.2. The normalized spacial score (nSPS) is 18.2. The number of aromatic nitrogens is 3. The molecule has 24 heavy (non-hydrogen) atoms. The summed E-state index contributed by atoms with van der Waals surface area (Å²) in [6.07, 6.45) is 1.66. The molecule has 2 aromatic heterocycles. The number of ether oxygens (including phenoxy) is 1. The summed E-state index contributed by atoms with van der Waals surface area (Å²) in [6.45, 7) is 3.23. The molecule has 1 aliphatic heterocycles. The lowest BCUT2D eigenvalue weighted by atomic mass is 10.1. The average molecular weight is 328 g/mol. The third kappa shape index (κ3) is 2.37. The molecule has 124 valence electrons. The number of hydrogen-bond acceptors (Lipinski definition) is 3. The molecule has 0 spiro atoms. The Labute approximate surface area is 137 Å². The third-order valence-corrected chi connectivity index (χ3v) is 4.50. The van der Waals surface area contributed by atoms with E-state index in [-0.39, 0.29) is 17.8 Å². The fraction of sp³-hybridized carbons (Fsp3) is 0.294. The van der Waals surface area contributed by atoms with Crippen molar-refractivity contribution in [3.63, 3.8) is 0 Å². The minimum atomic E-state index is -0.315. The molecule has 3 heterocycles. The van der Waals surface area contributed by atoms with Crippen LogP contribution in [0.3, 0.4) is 0 Å². The summed E-state index contributed by atoms with van der Waals surface area (Å²) in [7, 11) is 0. The Morgan fingerprint density at radius 1 is 1.42 bits per heavy atom. The van der Waals surface area contributed by atoms with Crippen LogP contribution in [0.2, 0.25) is 0 Å². The summed E-state index contributed by atoms with van der Waals surface area (Å²) in [5.74, 6) is -0.433. The van der Waals surface area contributed by atoms with Crippen LogP contribution in [0.4, 0.5) is 4.39 Å². The van der Waals surface area contributed by atoms with Crippen LogP contribution in [0.5, 0.6) is 0 Å². The van der Waals surface area contributed by atoms with Gasteiger partial charge in [-0.3, -0.25) is 9.89 Å². The van der Waals surface area contributed by atoms with Crippen molar-refractivity contribution in [1.29, 1.82) is 0 Å². The van der Waals surface area contributed by atoms with Gasteiger partial charge in [0.1, 0.15) is 11.5 Å². The van der Waals surface area contributed by atoms with Crippen LogP contribution in [0.25, 0.3) is 10.9 Å². The lowest BCUT2D eigenvalue weighted by Crippen LogP contribution is -2.43. The molecule has 0 saturated carbocycles. The SMILES string of the molecule is Cc1c(C(=O)N2CCOCC2c2ccn[nH]2)[nH]c2ccc(F)cc12. The van der Waals surface area contributed by atoms with Crippen molar-refractivity contribution in [2.45, 2.75) is 13.0 Å². The maximum absolute atomic E-state index is 13.5. The molecule has 2 N–H and O–H groups in total. The lowest BCUT2D eigenvalue weighted by Gasteiger charge is -2.34. The van der Waals surface area contributed by atoms with Crippen LogP contribution in [0, 0.1) is 12.7 Å². The highest BCUT2D eigenvalue weighted by Crippen LogP contribution is 2.28. The molecule has 1 aliphatic rings. The quantitative estimate of drug-likeness (QED) is 0.759. The Morgan fingerprint density at radius 2 is 2.29 bits per heavy atom. The van der Waals surface area contributed by atoms with E-state index in [1.54, 1.807) is 17.2 Å². The molecular formula is C17H17FN4O2. The van der Waals surface area contributed by atoms with Crippen LogP contribution in [-0.2, 0) is 4.74 Å². The largest absolute Gasteiger partial charge is 0.377 e. The number of aromatic amines is 2. The summed E-state index contributed by atoms with van der Waals surface area (Å²) < 4.78 is 19.0. The van der Waals surface area contributed by atoms with Gasteiger partial charge in [-0.2, -0.15) is 5.10 Å². The Bertz CT molecular complexity index is 888. The highest BCUT2D eigenvalue weighted by atomic mass is 19.1. The predicted octanol–water partition coefficient (Wildman–Crippen LogP) is 2.55. The summed E-state index contributed by atoms with van der Waals surface area (Å²) in [5, 5.41) is 7.59. The van der Waals surface area contributed by atoms with Crippen molar-refractivity contribution in [1.82, 2.24) is 20.1 Å². The van der Waals surface area contributed by atoms with Gasteiger partial charge in [0.2, 0.25) is 0 Å². The van der Waals surface area contributed by atoms with Gasteiger partial charge in [-0.05, 0) is 36.8 Å². The maximum Gasteiger partial charge on any atom is 0.271 e. The van der Waals surface area contributed by atoms with E-state index in [9.17, 15) is 9.18 Å². The van der Waals surface area contributed by atoms with E-state index >= 15 is 0 Å². The molecule has 1 fully saturated rings. The van der Waals surface area contributed by atoms with E-state index in [1.807, 2.05) is 13.0 Å². The minimum Gasteiger partial charge on any atom is -0.377 e. The molecule has 4 rings (SSSR count). The van der Waals surface area contributed by atoms with Gasteiger partial charge in [-0.1, -0.05) is 0 Å². The number of benzene rings is 1. The number of nitrogens with zero attached hydrogens (tertiary/aromatic N) is 2. The maximum atomic E-state index is 13.5.